The third-order valence-corrected chi connectivity index (χ3v) is 6.35. The number of hydrogen-bond acceptors (Lipinski definition) is 6. The quantitative estimate of drug-likeness (QED) is 0.649. The normalized spacial score (nSPS) is 20.2. The van der Waals surface area contributed by atoms with E-state index in [2.05, 4.69) is 33.8 Å². The summed E-state index contributed by atoms with van der Waals surface area (Å²) >= 11 is 0. The number of morpholine rings is 1. The second-order valence-electron chi connectivity index (χ2n) is 9.21. The van der Waals surface area contributed by atoms with Crippen molar-refractivity contribution in [2.45, 2.75) is 31.7 Å². The fourth-order valence-electron chi connectivity index (χ4n) is 4.30. The van der Waals surface area contributed by atoms with E-state index in [1.807, 2.05) is 36.4 Å². The average Bonchev–Trinajstić information content (AvgIpc) is 2.77. The first-order valence-corrected chi connectivity index (χ1v) is 12.9. The molecule has 2 N–H and O–H groups in total. The number of hydrogen-bond donors (Lipinski definition) is 2. The van der Waals surface area contributed by atoms with Crippen molar-refractivity contribution in [1.82, 2.24) is 0 Å². The van der Waals surface area contributed by atoms with E-state index < -0.39 is 10.0 Å². The van der Waals surface area contributed by atoms with Crippen LogP contribution in [-0.2, 0) is 14.8 Å². The zero-order chi connectivity index (χ0) is 23.6. The van der Waals surface area contributed by atoms with Crippen LogP contribution < -0.4 is 15.5 Å². The van der Waals surface area contributed by atoms with Gasteiger partial charge in [-0.15, -0.1) is 0 Å². The highest BCUT2D eigenvalue weighted by atomic mass is 32.2. The number of amides is 1. The van der Waals surface area contributed by atoms with Crippen LogP contribution in [0.2, 0.25) is 0 Å². The fraction of sp³-hybridized carbons (Fsp3) is 0.417. The van der Waals surface area contributed by atoms with Gasteiger partial charge in [0.15, 0.2) is 0 Å². The maximum absolute atomic E-state index is 12.9. The summed E-state index contributed by atoms with van der Waals surface area (Å²) in [5.74, 6) is -0.438. The van der Waals surface area contributed by atoms with E-state index in [9.17, 15) is 13.2 Å². The Morgan fingerprint density at radius 3 is 2.55 bits per heavy atom. The van der Waals surface area contributed by atoms with Crippen molar-refractivity contribution >= 4 is 39.2 Å². The molecule has 9 heteroatoms. The van der Waals surface area contributed by atoms with Crippen LogP contribution in [0.25, 0.3) is 0 Å². The third-order valence-electron chi connectivity index (χ3n) is 5.85. The molecule has 4 rings (SSSR count). The number of ether oxygens (including phenoxy) is 1. The van der Waals surface area contributed by atoms with E-state index in [1.54, 1.807) is 6.07 Å². The zero-order valence-corrected chi connectivity index (χ0v) is 20.0. The molecule has 2 aromatic rings. The lowest BCUT2D eigenvalue weighted by molar-refractivity contribution is 0.102. The van der Waals surface area contributed by atoms with Gasteiger partial charge < -0.3 is 20.3 Å². The minimum Gasteiger partial charge on any atom is -0.380 e. The summed E-state index contributed by atoms with van der Waals surface area (Å²) in [4.78, 5) is 15.2. The van der Waals surface area contributed by atoms with Gasteiger partial charge in [0.2, 0.25) is 10.0 Å². The molecule has 2 aliphatic heterocycles. The van der Waals surface area contributed by atoms with E-state index in [-0.39, 0.29) is 17.4 Å². The maximum atomic E-state index is 12.9. The molecular formula is C24H30N4O4S. The predicted molar refractivity (Wildman–Crippen MR) is 132 cm³/mol. The number of nitrogens with zero attached hydrogens (tertiary/aromatic N) is 2. The Kier molecular flexibility index (Phi) is 6.45. The highest BCUT2D eigenvalue weighted by Crippen LogP contribution is 2.38. The Bertz CT molecular complexity index is 1150. The summed E-state index contributed by atoms with van der Waals surface area (Å²) in [5.41, 5.74) is 3.83. The highest BCUT2D eigenvalue weighted by Gasteiger charge is 2.31. The van der Waals surface area contributed by atoms with Crippen LogP contribution in [0, 0.1) is 0 Å². The van der Waals surface area contributed by atoms with E-state index >= 15 is 0 Å². The molecule has 1 saturated heterocycles. The van der Waals surface area contributed by atoms with Gasteiger partial charge in [-0.1, -0.05) is 0 Å². The van der Waals surface area contributed by atoms with Crippen LogP contribution >= 0.6 is 0 Å². The number of benzene rings is 2. The van der Waals surface area contributed by atoms with Crippen LogP contribution in [0.4, 0.5) is 17.1 Å². The van der Waals surface area contributed by atoms with Gasteiger partial charge >= 0.3 is 0 Å². The van der Waals surface area contributed by atoms with Gasteiger partial charge in [0.05, 0.1) is 19.5 Å². The lowest BCUT2D eigenvalue weighted by Crippen LogP contribution is -2.37. The maximum Gasteiger partial charge on any atom is 0.255 e. The Balaban J connectivity index is 1.52. The van der Waals surface area contributed by atoms with Crippen LogP contribution in [0.15, 0.2) is 46.9 Å². The van der Waals surface area contributed by atoms with Gasteiger partial charge in [-0.25, -0.2) is 8.42 Å². The van der Waals surface area contributed by atoms with E-state index in [0.717, 1.165) is 49.5 Å². The fourth-order valence-corrected chi connectivity index (χ4v) is 4.67. The van der Waals surface area contributed by atoms with Gasteiger partial charge in [-0.3, -0.25) is 4.79 Å². The van der Waals surface area contributed by atoms with Crippen LogP contribution in [0.5, 0.6) is 0 Å². The number of carbonyl (C=O) groups excluding carboxylic acids is 1. The van der Waals surface area contributed by atoms with Gasteiger partial charge in [-0.05, 0) is 68.3 Å². The lowest BCUT2D eigenvalue weighted by atomic mass is 9.81. The average molecular weight is 471 g/mol. The molecular weight excluding hydrogens is 440 g/mol. The largest absolute Gasteiger partial charge is 0.380 e. The third kappa shape index (κ3) is 5.91. The molecule has 0 aromatic heterocycles. The molecule has 0 spiro atoms. The van der Waals surface area contributed by atoms with Gasteiger partial charge in [0, 0.05) is 53.4 Å². The van der Waals surface area contributed by atoms with Crippen molar-refractivity contribution in [3.05, 3.63) is 53.6 Å². The molecule has 1 fully saturated rings. The van der Waals surface area contributed by atoms with Crippen LogP contribution in [0.3, 0.4) is 0 Å². The molecule has 0 aliphatic carbocycles. The monoisotopic (exact) mass is 470 g/mol. The zero-order valence-electron chi connectivity index (χ0n) is 19.2. The second kappa shape index (κ2) is 9.15. The first-order valence-electron chi connectivity index (χ1n) is 11.0. The van der Waals surface area contributed by atoms with Crippen molar-refractivity contribution < 1.29 is 17.9 Å². The minimum absolute atomic E-state index is 0.216. The lowest BCUT2D eigenvalue weighted by Gasteiger charge is -2.37. The van der Waals surface area contributed by atoms with E-state index in [1.165, 1.54) is 6.21 Å². The molecule has 0 radical (unpaired) electrons. The Labute approximate surface area is 195 Å². The summed E-state index contributed by atoms with van der Waals surface area (Å²) in [6.45, 7) is 7.26. The smallest absolute Gasteiger partial charge is 0.255 e. The molecule has 176 valence electrons. The second-order valence-corrected chi connectivity index (χ2v) is 10.9. The molecule has 8 nitrogen and oxygen atoms in total. The van der Waals surface area contributed by atoms with Crippen LogP contribution in [0.1, 0.15) is 42.1 Å². The SMILES string of the molecule is CC1(C)CC(/C=N/S(C)(=O)=O)c2cc(C(=O)Nc3ccc(N4CCOCC4)cc3)ccc2N1. The molecule has 2 aliphatic rings. The van der Waals surface area contributed by atoms with E-state index in [0.29, 0.717) is 17.7 Å². The van der Waals surface area contributed by atoms with Gasteiger partial charge in [0.1, 0.15) is 0 Å². The molecule has 33 heavy (non-hydrogen) atoms. The number of nitrogens with one attached hydrogen (secondary N) is 2. The van der Waals surface area contributed by atoms with Crippen LogP contribution in [-0.4, -0.2) is 58.6 Å². The van der Waals surface area contributed by atoms with Crippen molar-refractivity contribution in [2.24, 2.45) is 4.40 Å². The topological polar surface area (TPSA) is 100 Å². The minimum atomic E-state index is -3.48. The predicted octanol–water partition coefficient (Wildman–Crippen LogP) is 3.48. The molecule has 0 bridgehead atoms. The summed E-state index contributed by atoms with van der Waals surface area (Å²) in [6.07, 6.45) is 3.21. The van der Waals surface area contributed by atoms with Crippen molar-refractivity contribution in [3.8, 4) is 0 Å². The molecule has 1 atom stereocenters. The van der Waals surface area contributed by atoms with Crippen molar-refractivity contribution in [3.63, 3.8) is 0 Å². The number of sulfonamides is 1. The number of fused-ring (bicyclic) bond motifs is 1. The molecule has 1 amide bonds. The van der Waals surface area contributed by atoms with Crippen molar-refractivity contribution in [2.75, 3.05) is 48.1 Å². The summed E-state index contributed by atoms with van der Waals surface area (Å²) in [5, 5.41) is 6.41. The summed E-state index contributed by atoms with van der Waals surface area (Å²) < 4.78 is 32.3. The summed E-state index contributed by atoms with van der Waals surface area (Å²) in [7, 11) is -3.48. The standard InChI is InChI=1S/C24H30N4O4S/c1-24(2)15-18(16-25-33(3,30)31)21-14-17(4-9-22(21)27-24)23(29)26-19-5-7-20(8-6-19)28-10-12-32-13-11-28/h4-9,14,16,18,27H,10-13,15H2,1-3H3,(H,26,29)/b25-16+. The first-order chi connectivity index (χ1) is 15.6. The molecule has 0 saturated carbocycles. The molecule has 2 aromatic carbocycles. The number of anilines is 3. The Hall–Kier alpha value is -2.91. The van der Waals surface area contributed by atoms with Crippen molar-refractivity contribution in [1.29, 1.82) is 0 Å². The van der Waals surface area contributed by atoms with Gasteiger partial charge in [-0.2, -0.15) is 4.40 Å². The Morgan fingerprint density at radius 1 is 1.18 bits per heavy atom. The van der Waals surface area contributed by atoms with Gasteiger partial charge in [0.25, 0.3) is 5.91 Å². The number of carbonyl (C=O) groups is 1. The Morgan fingerprint density at radius 2 is 1.88 bits per heavy atom. The molecule has 2 heterocycles. The molecule has 1 unspecified atom stereocenters. The first kappa shape index (κ1) is 23.3. The summed E-state index contributed by atoms with van der Waals surface area (Å²) in [6, 6.07) is 13.2. The van der Waals surface area contributed by atoms with E-state index in [4.69, 9.17) is 4.74 Å². The number of rotatable bonds is 5. The highest BCUT2D eigenvalue weighted by molar-refractivity contribution is 7.89.